The van der Waals surface area contributed by atoms with E-state index >= 15 is 0 Å². The molecule has 31 heavy (non-hydrogen) atoms. The average Bonchev–Trinajstić information content (AvgIpc) is 2.70. The van der Waals surface area contributed by atoms with Crippen molar-refractivity contribution in [2.24, 2.45) is 5.92 Å². The molecule has 1 fully saturated rings. The van der Waals surface area contributed by atoms with E-state index in [1.54, 1.807) is 21.1 Å². The highest BCUT2D eigenvalue weighted by Crippen LogP contribution is 2.43. The number of ether oxygens (including phenoxy) is 4. The molecule has 0 radical (unpaired) electrons. The van der Waals surface area contributed by atoms with Crippen LogP contribution in [0.3, 0.4) is 0 Å². The monoisotopic (exact) mass is 434 g/mol. The van der Waals surface area contributed by atoms with E-state index in [9.17, 15) is 9.59 Å². The van der Waals surface area contributed by atoms with Gasteiger partial charge in [0, 0.05) is 25.2 Å². The van der Waals surface area contributed by atoms with E-state index in [2.05, 4.69) is 10.2 Å². The number of methoxy groups -OCH3 is 2. The van der Waals surface area contributed by atoms with Gasteiger partial charge in [0.25, 0.3) is 0 Å². The van der Waals surface area contributed by atoms with E-state index in [-0.39, 0.29) is 12.0 Å². The highest BCUT2D eigenvalue weighted by Gasteiger charge is 2.44. The Morgan fingerprint density at radius 2 is 1.84 bits per heavy atom. The molecule has 0 saturated carbocycles. The molecular formula is C23H34N2O6. The zero-order valence-electron chi connectivity index (χ0n) is 19.3. The summed E-state index contributed by atoms with van der Waals surface area (Å²) >= 11 is 0. The Balaban J connectivity index is 1.89. The summed E-state index contributed by atoms with van der Waals surface area (Å²) < 4.78 is 21.7. The summed E-state index contributed by atoms with van der Waals surface area (Å²) in [6.07, 6.45) is 0.903. The molecule has 8 nitrogen and oxygen atoms in total. The van der Waals surface area contributed by atoms with Crippen molar-refractivity contribution in [3.63, 3.8) is 0 Å². The minimum atomic E-state index is -0.619. The minimum absolute atomic E-state index is 0.0502. The average molecular weight is 435 g/mol. The largest absolute Gasteiger partial charge is 0.493 e. The summed E-state index contributed by atoms with van der Waals surface area (Å²) in [5, 5.41) is 2.94. The number of alkyl carbamates (subject to hydrolysis) is 1. The molecule has 1 saturated heterocycles. The third-order valence-electron chi connectivity index (χ3n) is 5.80. The third kappa shape index (κ3) is 5.23. The lowest BCUT2D eigenvalue weighted by atomic mass is 9.80. The van der Waals surface area contributed by atoms with E-state index < -0.39 is 23.7 Å². The van der Waals surface area contributed by atoms with Gasteiger partial charge in [0.05, 0.1) is 26.7 Å². The second kappa shape index (κ2) is 9.34. The van der Waals surface area contributed by atoms with Crippen LogP contribution in [0.4, 0.5) is 4.79 Å². The van der Waals surface area contributed by atoms with Crippen molar-refractivity contribution in [3.8, 4) is 11.5 Å². The molecule has 3 rings (SSSR count). The second-order valence-electron chi connectivity index (χ2n) is 9.01. The van der Waals surface area contributed by atoms with Crippen molar-refractivity contribution in [2.45, 2.75) is 58.2 Å². The molecule has 1 amide bonds. The van der Waals surface area contributed by atoms with Crippen molar-refractivity contribution >= 4 is 12.1 Å². The van der Waals surface area contributed by atoms with Crippen molar-refractivity contribution in [1.29, 1.82) is 0 Å². The van der Waals surface area contributed by atoms with Gasteiger partial charge < -0.3 is 24.3 Å². The molecule has 0 unspecified atom stereocenters. The number of nitrogens with one attached hydrogen (secondary N) is 1. The molecular weight excluding hydrogens is 400 g/mol. The molecule has 0 spiro atoms. The molecule has 2 aliphatic rings. The van der Waals surface area contributed by atoms with E-state index in [1.807, 2.05) is 32.9 Å². The Morgan fingerprint density at radius 1 is 1.16 bits per heavy atom. The molecule has 1 aromatic carbocycles. The SMILES string of the molecule is CCOC(=O)[C@@H]1CN2CCc3cc(OC)c(OC)cc3[C@@H]2C[C@@H]1NC(=O)OC(C)(C)C. The summed E-state index contributed by atoms with van der Waals surface area (Å²) in [5.41, 5.74) is 1.72. The molecule has 2 heterocycles. The number of esters is 1. The Kier molecular flexibility index (Phi) is 6.99. The maximum atomic E-state index is 12.7. The van der Waals surface area contributed by atoms with Gasteiger partial charge in [-0.15, -0.1) is 0 Å². The van der Waals surface area contributed by atoms with Crippen LogP contribution in [-0.4, -0.2) is 62.5 Å². The highest BCUT2D eigenvalue weighted by molar-refractivity contribution is 5.76. The maximum absolute atomic E-state index is 12.7. The fourth-order valence-corrected chi connectivity index (χ4v) is 4.47. The van der Waals surface area contributed by atoms with Crippen LogP contribution in [0.1, 0.15) is 51.3 Å². The van der Waals surface area contributed by atoms with Crippen LogP contribution in [-0.2, 0) is 20.7 Å². The first-order valence-corrected chi connectivity index (χ1v) is 10.8. The smallest absolute Gasteiger partial charge is 0.407 e. The standard InChI is InChI=1S/C23H34N2O6/c1-7-30-21(26)16-13-25-9-8-14-10-19(28-5)20(29-6)11-15(14)18(25)12-17(16)24-22(27)31-23(2,3)4/h10-11,16-18H,7-9,12-13H2,1-6H3,(H,24,27)/t16-,17+,18+/m1/s1. The first-order chi connectivity index (χ1) is 14.7. The van der Waals surface area contributed by atoms with Crippen LogP contribution >= 0.6 is 0 Å². The zero-order chi connectivity index (χ0) is 22.8. The number of hydrogen-bond acceptors (Lipinski definition) is 7. The van der Waals surface area contributed by atoms with Crippen LogP contribution < -0.4 is 14.8 Å². The molecule has 8 heteroatoms. The fourth-order valence-electron chi connectivity index (χ4n) is 4.47. The predicted octanol–water partition coefficient (Wildman–Crippen LogP) is 3.08. The first kappa shape index (κ1) is 23.2. The van der Waals surface area contributed by atoms with Crippen LogP contribution in [0.25, 0.3) is 0 Å². The summed E-state index contributed by atoms with van der Waals surface area (Å²) in [6.45, 7) is 8.87. The quantitative estimate of drug-likeness (QED) is 0.713. The summed E-state index contributed by atoms with van der Waals surface area (Å²) in [7, 11) is 3.25. The third-order valence-corrected chi connectivity index (χ3v) is 5.80. The number of nitrogens with zero attached hydrogens (tertiary/aromatic N) is 1. The van der Waals surface area contributed by atoms with Gasteiger partial charge >= 0.3 is 12.1 Å². The second-order valence-corrected chi connectivity index (χ2v) is 9.01. The molecule has 0 bridgehead atoms. The minimum Gasteiger partial charge on any atom is -0.493 e. The lowest BCUT2D eigenvalue weighted by Crippen LogP contribution is -2.56. The van der Waals surface area contributed by atoms with Crippen molar-refractivity contribution in [3.05, 3.63) is 23.3 Å². The van der Waals surface area contributed by atoms with Gasteiger partial charge in [-0.1, -0.05) is 0 Å². The Bertz CT molecular complexity index is 819. The summed E-state index contributed by atoms with van der Waals surface area (Å²) in [4.78, 5) is 27.5. The van der Waals surface area contributed by atoms with E-state index in [0.717, 1.165) is 18.5 Å². The number of carbonyl (C=O) groups is 2. The number of amides is 1. The van der Waals surface area contributed by atoms with E-state index in [1.165, 1.54) is 5.56 Å². The van der Waals surface area contributed by atoms with Gasteiger partial charge in [0.2, 0.25) is 0 Å². The molecule has 2 aliphatic heterocycles. The molecule has 172 valence electrons. The lowest BCUT2D eigenvalue weighted by Gasteiger charge is -2.46. The van der Waals surface area contributed by atoms with Crippen LogP contribution in [0.5, 0.6) is 11.5 Å². The Morgan fingerprint density at radius 3 is 2.45 bits per heavy atom. The fraction of sp³-hybridized carbons (Fsp3) is 0.652. The van der Waals surface area contributed by atoms with Gasteiger partial charge in [0.1, 0.15) is 5.60 Å². The summed E-state index contributed by atoms with van der Waals surface area (Å²) in [5.74, 6) is 0.635. The zero-order valence-corrected chi connectivity index (χ0v) is 19.3. The van der Waals surface area contributed by atoms with E-state index in [4.69, 9.17) is 18.9 Å². The molecule has 0 aliphatic carbocycles. The molecule has 1 N–H and O–H groups in total. The van der Waals surface area contributed by atoms with Gasteiger partial charge in [-0.2, -0.15) is 0 Å². The highest BCUT2D eigenvalue weighted by atomic mass is 16.6. The normalized spacial score (nSPS) is 23.2. The van der Waals surface area contributed by atoms with Crippen molar-refractivity contribution in [2.75, 3.05) is 33.9 Å². The van der Waals surface area contributed by atoms with Gasteiger partial charge in [-0.05, 0) is 63.8 Å². The molecule has 1 aromatic rings. The molecule has 3 atom stereocenters. The first-order valence-electron chi connectivity index (χ1n) is 10.8. The number of hydrogen-bond donors (Lipinski definition) is 1. The van der Waals surface area contributed by atoms with Crippen LogP contribution in [0.15, 0.2) is 12.1 Å². The molecule has 0 aromatic heterocycles. The van der Waals surface area contributed by atoms with Crippen LogP contribution in [0.2, 0.25) is 0 Å². The lowest BCUT2D eigenvalue weighted by molar-refractivity contribution is -0.152. The van der Waals surface area contributed by atoms with Gasteiger partial charge in [0.15, 0.2) is 11.5 Å². The van der Waals surface area contributed by atoms with Crippen molar-refractivity contribution < 1.29 is 28.5 Å². The Hall–Kier alpha value is -2.48. The van der Waals surface area contributed by atoms with Crippen molar-refractivity contribution in [1.82, 2.24) is 10.2 Å². The summed E-state index contributed by atoms with van der Waals surface area (Å²) in [6, 6.07) is 3.70. The maximum Gasteiger partial charge on any atom is 0.407 e. The topological polar surface area (TPSA) is 86.3 Å². The van der Waals surface area contributed by atoms with Gasteiger partial charge in [-0.3, -0.25) is 9.69 Å². The van der Waals surface area contributed by atoms with Gasteiger partial charge in [-0.25, -0.2) is 4.79 Å². The van der Waals surface area contributed by atoms with E-state index in [0.29, 0.717) is 31.1 Å². The number of carbonyl (C=O) groups excluding carboxylic acids is 2. The number of fused-ring (bicyclic) bond motifs is 3. The van der Waals surface area contributed by atoms with Crippen LogP contribution in [0, 0.1) is 5.92 Å². The number of benzene rings is 1. The number of rotatable bonds is 5. The number of piperidine rings is 1. The predicted molar refractivity (Wildman–Crippen MR) is 115 cm³/mol. The Labute approximate surface area is 184 Å².